The van der Waals surface area contributed by atoms with Crippen molar-refractivity contribution in [1.82, 2.24) is 5.32 Å². The largest absolute Gasteiger partial charge is 0.497 e. The van der Waals surface area contributed by atoms with Gasteiger partial charge in [-0.3, -0.25) is 0 Å². The van der Waals surface area contributed by atoms with Crippen LogP contribution in [0.3, 0.4) is 0 Å². The first-order valence-electron chi connectivity index (χ1n) is 6.80. The van der Waals surface area contributed by atoms with Crippen molar-refractivity contribution >= 4 is 0 Å². The lowest BCUT2D eigenvalue weighted by atomic mass is 9.85. The number of aliphatic hydroxyl groups is 1. The third-order valence-electron chi connectivity index (χ3n) is 3.85. The van der Waals surface area contributed by atoms with E-state index < -0.39 is 0 Å². The van der Waals surface area contributed by atoms with Crippen LogP contribution in [0, 0.1) is 5.92 Å². The number of hydrogen-bond acceptors (Lipinski definition) is 3. The van der Waals surface area contributed by atoms with Gasteiger partial charge in [-0.05, 0) is 36.5 Å². The topological polar surface area (TPSA) is 41.5 Å². The van der Waals surface area contributed by atoms with Crippen LogP contribution in [0.5, 0.6) is 5.75 Å². The molecule has 0 aromatic heterocycles. The van der Waals surface area contributed by atoms with Gasteiger partial charge in [0, 0.05) is 19.2 Å². The quantitative estimate of drug-likeness (QED) is 0.841. The van der Waals surface area contributed by atoms with Crippen molar-refractivity contribution in [2.45, 2.75) is 38.3 Å². The molecule has 0 aliphatic heterocycles. The zero-order chi connectivity index (χ0) is 12.8. The van der Waals surface area contributed by atoms with Gasteiger partial charge in [-0.15, -0.1) is 0 Å². The Morgan fingerprint density at radius 3 is 2.94 bits per heavy atom. The lowest BCUT2D eigenvalue weighted by molar-refractivity contribution is 0.152. The first kappa shape index (κ1) is 13.4. The lowest BCUT2D eigenvalue weighted by Crippen LogP contribution is -2.39. The van der Waals surface area contributed by atoms with Crippen molar-refractivity contribution in [2.24, 2.45) is 5.92 Å². The van der Waals surface area contributed by atoms with Gasteiger partial charge in [0.2, 0.25) is 0 Å². The third kappa shape index (κ3) is 3.47. The molecule has 0 heterocycles. The molecule has 1 aliphatic rings. The molecule has 2 rings (SSSR count). The number of benzene rings is 1. The summed E-state index contributed by atoms with van der Waals surface area (Å²) in [5.74, 6) is 1.32. The van der Waals surface area contributed by atoms with E-state index in [9.17, 15) is 5.11 Å². The molecule has 0 spiro atoms. The van der Waals surface area contributed by atoms with E-state index in [0.717, 1.165) is 18.7 Å². The van der Waals surface area contributed by atoms with E-state index in [0.29, 0.717) is 18.6 Å². The van der Waals surface area contributed by atoms with E-state index in [1.54, 1.807) is 7.11 Å². The zero-order valence-electron chi connectivity index (χ0n) is 11.1. The molecule has 1 saturated carbocycles. The third-order valence-corrected chi connectivity index (χ3v) is 3.85. The molecular formula is C15H23NO2. The summed E-state index contributed by atoms with van der Waals surface area (Å²) in [4.78, 5) is 0. The van der Waals surface area contributed by atoms with Crippen LogP contribution in [0.1, 0.15) is 31.2 Å². The van der Waals surface area contributed by atoms with Crippen LogP contribution >= 0.6 is 0 Å². The van der Waals surface area contributed by atoms with Gasteiger partial charge < -0.3 is 15.2 Å². The summed E-state index contributed by atoms with van der Waals surface area (Å²) < 4.78 is 5.22. The van der Waals surface area contributed by atoms with E-state index >= 15 is 0 Å². The second-order valence-electron chi connectivity index (χ2n) is 5.07. The highest BCUT2D eigenvalue weighted by molar-refractivity contribution is 5.28. The molecule has 3 heteroatoms. The van der Waals surface area contributed by atoms with E-state index in [4.69, 9.17) is 4.74 Å². The Labute approximate surface area is 109 Å². The van der Waals surface area contributed by atoms with Crippen molar-refractivity contribution in [1.29, 1.82) is 0 Å². The summed E-state index contributed by atoms with van der Waals surface area (Å²) in [5.41, 5.74) is 1.23. The molecule has 0 radical (unpaired) electrons. The monoisotopic (exact) mass is 249 g/mol. The highest BCUT2D eigenvalue weighted by atomic mass is 16.5. The number of aliphatic hydroxyl groups excluding tert-OH is 1. The second kappa shape index (κ2) is 6.76. The van der Waals surface area contributed by atoms with Gasteiger partial charge in [0.15, 0.2) is 0 Å². The molecular weight excluding hydrogens is 226 g/mol. The Hall–Kier alpha value is -1.06. The van der Waals surface area contributed by atoms with Gasteiger partial charge in [-0.2, -0.15) is 0 Å². The van der Waals surface area contributed by atoms with Gasteiger partial charge in [-0.25, -0.2) is 0 Å². The smallest absolute Gasteiger partial charge is 0.119 e. The maximum atomic E-state index is 9.38. The minimum absolute atomic E-state index is 0.301. The lowest BCUT2D eigenvalue weighted by Gasteiger charge is -2.31. The van der Waals surface area contributed by atoms with Crippen LogP contribution in [0.25, 0.3) is 0 Å². The molecule has 18 heavy (non-hydrogen) atoms. The number of methoxy groups -OCH3 is 1. The Kier molecular flexibility index (Phi) is 5.02. The fraction of sp³-hybridized carbons (Fsp3) is 0.600. The number of nitrogens with one attached hydrogen (secondary N) is 1. The predicted molar refractivity (Wildman–Crippen MR) is 72.7 cm³/mol. The molecule has 0 bridgehead atoms. The SMILES string of the molecule is COc1cccc(CNC2CCCCC2CO)c1. The molecule has 1 aliphatic carbocycles. The van der Waals surface area contributed by atoms with Crippen LogP contribution < -0.4 is 10.1 Å². The summed E-state index contributed by atoms with van der Waals surface area (Å²) in [5, 5.41) is 13.0. The maximum absolute atomic E-state index is 9.38. The van der Waals surface area contributed by atoms with Gasteiger partial charge in [-0.1, -0.05) is 25.0 Å². The number of ether oxygens (including phenoxy) is 1. The highest BCUT2D eigenvalue weighted by Crippen LogP contribution is 2.24. The van der Waals surface area contributed by atoms with Crippen LogP contribution in [-0.4, -0.2) is 24.9 Å². The average molecular weight is 249 g/mol. The van der Waals surface area contributed by atoms with Crippen molar-refractivity contribution in [3.63, 3.8) is 0 Å². The molecule has 1 fully saturated rings. The minimum atomic E-state index is 0.301. The molecule has 1 aromatic carbocycles. The van der Waals surface area contributed by atoms with Gasteiger partial charge in [0.1, 0.15) is 5.75 Å². The maximum Gasteiger partial charge on any atom is 0.119 e. The van der Waals surface area contributed by atoms with Crippen LogP contribution in [0.2, 0.25) is 0 Å². The van der Waals surface area contributed by atoms with Gasteiger partial charge in [0.25, 0.3) is 0 Å². The summed E-state index contributed by atoms with van der Waals surface area (Å²) in [6.07, 6.45) is 4.84. The minimum Gasteiger partial charge on any atom is -0.497 e. The van der Waals surface area contributed by atoms with E-state index in [2.05, 4.69) is 17.4 Å². The zero-order valence-corrected chi connectivity index (χ0v) is 11.1. The number of hydrogen-bond donors (Lipinski definition) is 2. The molecule has 100 valence electrons. The molecule has 0 saturated heterocycles. The summed E-state index contributed by atoms with van der Waals surface area (Å²) >= 11 is 0. The van der Waals surface area contributed by atoms with Gasteiger partial charge >= 0.3 is 0 Å². The molecule has 2 atom stereocenters. The van der Waals surface area contributed by atoms with E-state index in [1.165, 1.54) is 24.8 Å². The van der Waals surface area contributed by atoms with Gasteiger partial charge in [0.05, 0.1) is 7.11 Å². The van der Waals surface area contributed by atoms with Crippen LogP contribution in [0.15, 0.2) is 24.3 Å². The molecule has 3 nitrogen and oxygen atoms in total. The van der Waals surface area contributed by atoms with Crippen molar-refractivity contribution in [2.75, 3.05) is 13.7 Å². The predicted octanol–water partition coefficient (Wildman–Crippen LogP) is 2.34. The first-order valence-corrected chi connectivity index (χ1v) is 6.80. The second-order valence-corrected chi connectivity index (χ2v) is 5.07. The molecule has 1 aromatic rings. The molecule has 2 unspecified atom stereocenters. The summed E-state index contributed by atoms with van der Waals surface area (Å²) in [6.45, 7) is 1.15. The Morgan fingerprint density at radius 1 is 1.33 bits per heavy atom. The molecule has 2 N–H and O–H groups in total. The van der Waals surface area contributed by atoms with E-state index in [-0.39, 0.29) is 0 Å². The van der Waals surface area contributed by atoms with Crippen LogP contribution in [0.4, 0.5) is 0 Å². The Morgan fingerprint density at radius 2 is 2.17 bits per heavy atom. The Bertz CT molecular complexity index is 367. The highest BCUT2D eigenvalue weighted by Gasteiger charge is 2.23. The van der Waals surface area contributed by atoms with Crippen LogP contribution in [-0.2, 0) is 6.54 Å². The average Bonchev–Trinajstić information content (AvgIpc) is 2.45. The standard InChI is InChI=1S/C15H23NO2/c1-18-14-7-4-5-12(9-14)10-16-15-8-3-2-6-13(15)11-17/h4-5,7,9,13,15-17H,2-3,6,8,10-11H2,1H3. The molecule has 0 amide bonds. The van der Waals surface area contributed by atoms with Crippen molar-refractivity contribution in [3.8, 4) is 5.75 Å². The normalized spacial score (nSPS) is 23.9. The Balaban J connectivity index is 1.89. The van der Waals surface area contributed by atoms with Crippen molar-refractivity contribution in [3.05, 3.63) is 29.8 Å². The summed E-state index contributed by atoms with van der Waals surface area (Å²) in [6, 6.07) is 8.59. The van der Waals surface area contributed by atoms with E-state index in [1.807, 2.05) is 12.1 Å². The fourth-order valence-corrected chi connectivity index (χ4v) is 2.73. The number of rotatable bonds is 5. The summed E-state index contributed by atoms with van der Waals surface area (Å²) in [7, 11) is 1.69. The fourth-order valence-electron chi connectivity index (χ4n) is 2.73. The first-order chi connectivity index (χ1) is 8.83. The van der Waals surface area contributed by atoms with Crippen molar-refractivity contribution < 1.29 is 9.84 Å².